The largest absolute Gasteiger partial charge is 0.278 e. The summed E-state index contributed by atoms with van der Waals surface area (Å²) in [6, 6.07) is 69.1. The van der Waals surface area contributed by atoms with Gasteiger partial charge in [0, 0.05) is 37.1 Å². The molecule has 8 aromatic carbocycles. The highest BCUT2D eigenvalue weighted by atomic mass is 32.2. The molecule has 10 aromatic rings. The lowest BCUT2D eigenvalue weighted by Gasteiger charge is -2.34. The second kappa shape index (κ2) is 12.3. The lowest BCUT2D eigenvalue weighted by molar-refractivity contribution is 0.608. The lowest BCUT2D eigenvalue weighted by atomic mass is 9.70. The zero-order valence-corrected chi connectivity index (χ0v) is 34.0. The highest BCUT2D eigenvalue weighted by Gasteiger charge is 2.51. The Morgan fingerprint density at radius 1 is 0.400 bits per heavy atom. The molecule has 0 unspecified atom stereocenters. The second-order valence-corrected chi connectivity index (χ2v) is 18.0. The topological polar surface area (TPSA) is 30.7 Å². The van der Waals surface area contributed by atoms with E-state index in [-0.39, 0.29) is 5.41 Å². The lowest BCUT2D eigenvalue weighted by Crippen LogP contribution is -2.25. The van der Waals surface area contributed by atoms with Crippen molar-refractivity contribution < 1.29 is 0 Å². The average Bonchev–Trinajstić information content (AvgIpc) is 3.90. The van der Waals surface area contributed by atoms with Crippen LogP contribution in [0.4, 0.5) is 0 Å². The molecule has 4 heteroatoms. The van der Waals surface area contributed by atoms with Crippen LogP contribution in [0.1, 0.15) is 47.2 Å². The maximum atomic E-state index is 5.54. The smallest absolute Gasteiger partial charge is 0.235 e. The molecule has 0 amide bonds. The maximum absolute atomic E-state index is 5.54. The fourth-order valence-electron chi connectivity index (χ4n) is 10.8. The molecule has 1 aliphatic heterocycles. The number of nitrogens with zero attached hydrogens (tertiary/aromatic N) is 3. The van der Waals surface area contributed by atoms with Crippen molar-refractivity contribution in [3.05, 3.63) is 221 Å². The third-order valence-corrected chi connectivity index (χ3v) is 14.6. The highest BCUT2D eigenvalue weighted by Crippen LogP contribution is 2.63. The van der Waals surface area contributed by atoms with E-state index in [0.717, 1.165) is 33.5 Å². The molecule has 0 bridgehead atoms. The van der Waals surface area contributed by atoms with Gasteiger partial charge < -0.3 is 0 Å². The second-order valence-electron chi connectivity index (χ2n) is 16.9. The van der Waals surface area contributed by atoms with Gasteiger partial charge in [-0.3, -0.25) is 4.57 Å². The molecule has 3 aliphatic rings. The molecule has 1 spiro atoms. The summed E-state index contributed by atoms with van der Waals surface area (Å²) in [4.78, 5) is 13.5. The van der Waals surface area contributed by atoms with Gasteiger partial charge in [0.2, 0.25) is 5.95 Å². The van der Waals surface area contributed by atoms with E-state index < -0.39 is 5.41 Å². The number of hydrogen-bond acceptors (Lipinski definition) is 3. The predicted molar refractivity (Wildman–Crippen MR) is 246 cm³/mol. The van der Waals surface area contributed by atoms with Crippen molar-refractivity contribution in [1.29, 1.82) is 0 Å². The van der Waals surface area contributed by atoms with Crippen LogP contribution in [0.5, 0.6) is 0 Å². The van der Waals surface area contributed by atoms with Crippen LogP contribution in [0.25, 0.3) is 72.5 Å². The van der Waals surface area contributed by atoms with Gasteiger partial charge in [0.15, 0.2) is 0 Å². The van der Waals surface area contributed by atoms with Gasteiger partial charge in [-0.2, -0.15) is 0 Å². The van der Waals surface area contributed by atoms with Crippen LogP contribution >= 0.6 is 11.8 Å². The van der Waals surface area contributed by atoms with Crippen LogP contribution in [-0.2, 0) is 10.8 Å². The van der Waals surface area contributed by atoms with E-state index in [1.54, 1.807) is 0 Å². The number of aromatic nitrogens is 3. The summed E-state index contributed by atoms with van der Waals surface area (Å²) in [5, 5.41) is 2.41. The van der Waals surface area contributed by atoms with E-state index in [1.165, 1.54) is 76.2 Å². The van der Waals surface area contributed by atoms with Crippen LogP contribution in [0.2, 0.25) is 0 Å². The quantitative estimate of drug-likeness (QED) is 0.179. The molecule has 0 radical (unpaired) electrons. The van der Waals surface area contributed by atoms with E-state index in [4.69, 9.17) is 9.97 Å². The third kappa shape index (κ3) is 4.46. The Kier molecular flexibility index (Phi) is 6.93. The Hall–Kier alpha value is -7.01. The molecule has 2 aromatic heterocycles. The predicted octanol–water partition coefficient (Wildman–Crippen LogP) is 14.0. The van der Waals surface area contributed by atoms with Gasteiger partial charge in [-0.1, -0.05) is 177 Å². The number of benzene rings is 8. The van der Waals surface area contributed by atoms with E-state index in [9.17, 15) is 0 Å². The minimum absolute atomic E-state index is 0.140. The minimum atomic E-state index is -0.390. The van der Waals surface area contributed by atoms with Crippen molar-refractivity contribution >= 4 is 33.6 Å². The van der Waals surface area contributed by atoms with Crippen LogP contribution in [0.3, 0.4) is 0 Å². The molecule has 60 heavy (non-hydrogen) atoms. The zero-order valence-electron chi connectivity index (χ0n) is 33.1. The van der Waals surface area contributed by atoms with E-state index in [2.05, 4.69) is 206 Å². The molecule has 0 saturated heterocycles. The Balaban J connectivity index is 1.05. The first-order chi connectivity index (χ1) is 29.5. The van der Waals surface area contributed by atoms with Crippen molar-refractivity contribution in [1.82, 2.24) is 14.5 Å². The normalized spacial score (nSPS) is 14.7. The van der Waals surface area contributed by atoms with E-state index in [0.29, 0.717) is 5.95 Å². The number of rotatable bonds is 3. The third-order valence-electron chi connectivity index (χ3n) is 13.5. The molecule has 3 heterocycles. The van der Waals surface area contributed by atoms with Gasteiger partial charge in [0.05, 0.1) is 27.8 Å². The van der Waals surface area contributed by atoms with E-state index in [1.807, 2.05) is 11.8 Å². The monoisotopic (exact) mass is 783 g/mol. The van der Waals surface area contributed by atoms with Gasteiger partial charge in [-0.25, -0.2) is 9.97 Å². The summed E-state index contributed by atoms with van der Waals surface area (Å²) < 4.78 is 2.29. The van der Waals surface area contributed by atoms with Crippen LogP contribution in [-0.4, -0.2) is 14.5 Å². The Bertz CT molecular complexity index is 3400. The number of hydrogen-bond donors (Lipinski definition) is 0. The molecule has 0 N–H and O–H groups in total. The standard InChI is InChI=1S/C56H37N3S/c1-55(2)46-25-13-15-27-52(46)60-53-33-51-41(31-47(53)55)39-21-9-14-26-50(39)59(51)54-57-48(34-16-4-3-5-17-34)32-49(58-54)35-28-29-45-40(30-35)38-20-8-12-24-44(38)56(45)42-22-10-6-18-36(42)37-19-7-11-23-43(37)56/h3-33H,1-2H3. The summed E-state index contributed by atoms with van der Waals surface area (Å²) in [6.45, 7) is 4.71. The Morgan fingerprint density at radius 3 is 1.68 bits per heavy atom. The Morgan fingerprint density at radius 2 is 0.967 bits per heavy atom. The highest BCUT2D eigenvalue weighted by molar-refractivity contribution is 7.99. The van der Waals surface area contributed by atoms with Gasteiger partial charge in [-0.05, 0) is 92.0 Å². The van der Waals surface area contributed by atoms with Gasteiger partial charge in [0.1, 0.15) is 0 Å². The summed E-state index contributed by atoms with van der Waals surface area (Å²) in [6.07, 6.45) is 0. The van der Waals surface area contributed by atoms with E-state index >= 15 is 0 Å². The number of fused-ring (bicyclic) bond motifs is 15. The molecular weight excluding hydrogens is 747 g/mol. The van der Waals surface area contributed by atoms with Crippen LogP contribution < -0.4 is 0 Å². The first kappa shape index (κ1) is 33.9. The maximum Gasteiger partial charge on any atom is 0.235 e. The molecule has 13 rings (SSSR count). The summed E-state index contributed by atoms with van der Waals surface area (Å²) >= 11 is 1.86. The zero-order chi connectivity index (χ0) is 39.7. The first-order valence-corrected chi connectivity index (χ1v) is 21.6. The van der Waals surface area contributed by atoms with Crippen LogP contribution in [0.15, 0.2) is 198 Å². The van der Waals surface area contributed by atoms with Gasteiger partial charge >= 0.3 is 0 Å². The minimum Gasteiger partial charge on any atom is -0.278 e. The van der Waals surface area contributed by atoms with Crippen LogP contribution in [0, 0.1) is 0 Å². The van der Waals surface area contributed by atoms with Gasteiger partial charge in [-0.15, -0.1) is 0 Å². The molecule has 3 nitrogen and oxygen atoms in total. The molecular formula is C56H37N3S. The molecule has 0 saturated carbocycles. The fraction of sp³-hybridized carbons (Fsp3) is 0.0714. The SMILES string of the molecule is CC1(C)c2ccccc2Sc2cc3c(cc21)c1ccccc1n3-c1nc(-c2ccccc2)cc(-c2ccc3c(c2)-c2ccccc2C32c3ccccc3-c3ccccc32)n1. The molecule has 0 atom stereocenters. The van der Waals surface area contributed by atoms with Crippen molar-refractivity contribution in [3.63, 3.8) is 0 Å². The molecule has 2 aliphatic carbocycles. The summed E-state index contributed by atoms with van der Waals surface area (Å²) in [5.41, 5.74) is 18.8. The average molecular weight is 784 g/mol. The van der Waals surface area contributed by atoms with Gasteiger partial charge in [0.25, 0.3) is 0 Å². The van der Waals surface area contributed by atoms with Crippen molar-refractivity contribution in [2.24, 2.45) is 0 Å². The summed E-state index contributed by atoms with van der Waals surface area (Å²) in [7, 11) is 0. The first-order valence-electron chi connectivity index (χ1n) is 20.7. The molecule has 0 fully saturated rings. The van der Waals surface area contributed by atoms with Crippen molar-refractivity contribution in [3.8, 4) is 50.7 Å². The Labute approximate surface area is 353 Å². The molecule has 282 valence electrons. The number of para-hydroxylation sites is 1. The fourth-order valence-corrected chi connectivity index (χ4v) is 12.2. The summed E-state index contributed by atoms with van der Waals surface area (Å²) in [5.74, 6) is 0.661. The van der Waals surface area contributed by atoms with Crippen molar-refractivity contribution in [2.45, 2.75) is 34.5 Å². The van der Waals surface area contributed by atoms with Crippen molar-refractivity contribution in [2.75, 3.05) is 0 Å².